The van der Waals surface area contributed by atoms with Gasteiger partial charge in [0.2, 0.25) is 5.91 Å². The van der Waals surface area contributed by atoms with E-state index in [0.717, 1.165) is 45.1 Å². The molecule has 0 spiro atoms. The molecule has 1 amide bonds. The Morgan fingerprint density at radius 2 is 1.76 bits per heavy atom. The maximum absolute atomic E-state index is 12.8. The van der Waals surface area contributed by atoms with Crippen molar-refractivity contribution in [1.82, 2.24) is 4.90 Å². The van der Waals surface area contributed by atoms with Gasteiger partial charge in [0.15, 0.2) is 0 Å². The highest BCUT2D eigenvalue weighted by atomic mass is 16.2. The van der Waals surface area contributed by atoms with E-state index in [4.69, 9.17) is 5.73 Å². The van der Waals surface area contributed by atoms with Crippen LogP contribution in [0.15, 0.2) is 0 Å². The van der Waals surface area contributed by atoms with Gasteiger partial charge >= 0.3 is 0 Å². The van der Waals surface area contributed by atoms with Crippen molar-refractivity contribution in [2.45, 2.75) is 64.3 Å². The van der Waals surface area contributed by atoms with E-state index >= 15 is 0 Å². The summed E-state index contributed by atoms with van der Waals surface area (Å²) in [5.74, 6) is 0.335. The van der Waals surface area contributed by atoms with Crippen LogP contribution < -0.4 is 5.73 Å². The standard InChI is InChI=1S/C14H26N2O/c1-13(2)7-6-10-16(13)12(17)14(11-15)8-4-3-5-9-14/h3-11,15H2,1-2H3. The molecule has 2 rings (SSSR count). The van der Waals surface area contributed by atoms with Crippen molar-refractivity contribution in [2.24, 2.45) is 11.1 Å². The molecular weight excluding hydrogens is 212 g/mol. The highest BCUT2D eigenvalue weighted by molar-refractivity contribution is 5.84. The van der Waals surface area contributed by atoms with Crippen LogP contribution in [0.25, 0.3) is 0 Å². The number of carbonyl (C=O) groups excluding carboxylic acids is 1. The van der Waals surface area contributed by atoms with Gasteiger partial charge in [-0.1, -0.05) is 19.3 Å². The zero-order valence-corrected chi connectivity index (χ0v) is 11.3. The molecule has 1 saturated carbocycles. The lowest BCUT2D eigenvalue weighted by Crippen LogP contribution is -2.53. The fourth-order valence-electron chi connectivity index (χ4n) is 3.50. The number of likely N-dealkylation sites (tertiary alicyclic amines) is 1. The van der Waals surface area contributed by atoms with Gasteiger partial charge in [-0.2, -0.15) is 0 Å². The highest BCUT2D eigenvalue weighted by Crippen LogP contribution is 2.40. The van der Waals surface area contributed by atoms with Gasteiger partial charge in [-0.15, -0.1) is 0 Å². The molecule has 0 aromatic carbocycles. The van der Waals surface area contributed by atoms with Gasteiger partial charge in [-0.25, -0.2) is 0 Å². The largest absolute Gasteiger partial charge is 0.337 e. The van der Waals surface area contributed by atoms with E-state index in [1.54, 1.807) is 0 Å². The minimum absolute atomic E-state index is 0.0384. The smallest absolute Gasteiger partial charge is 0.230 e. The Morgan fingerprint density at radius 1 is 1.12 bits per heavy atom. The van der Waals surface area contributed by atoms with Gasteiger partial charge in [-0.05, 0) is 39.5 Å². The summed E-state index contributed by atoms with van der Waals surface area (Å²) >= 11 is 0. The average molecular weight is 238 g/mol. The Morgan fingerprint density at radius 3 is 2.24 bits per heavy atom. The first kappa shape index (κ1) is 12.9. The highest BCUT2D eigenvalue weighted by Gasteiger charge is 2.46. The van der Waals surface area contributed by atoms with Crippen LogP contribution in [0.2, 0.25) is 0 Å². The Labute approximate surface area is 105 Å². The van der Waals surface area contributed by atoms with Gasteiger partial charge in [0, 0.05) is 18.6 Å². The van der Waals surface area contributed by atoms with E-state index < -0.39 is 0 Å². The molecule has 1 aliphatic heterocycles. The van der Waals surface area contributed by atoms with Crippen molar-refractivity contribution in [3.63, 3.8) is 0 Å². The summed E-state index contributed by atoms with van der Waals surface area (Å²) in [6, 6.07) is 0. The second-order valence-corrected chi connectivity index (χ2v) is 6.42. The van der Waals surface area contributed by atoms with Crippen LogP contribution in [0, 0.1) is 5.41 Å². The van der Waals surface area contributed by atoms with Crippen LogP contribution in [0.1, 0.15) is 58.8 Å². The van der Waals surface area contributed by atoms with Gasteiger partial charge < -0.3 is 10.6 Å². The van der Waals surface area contributed by atoms with Crippen LogP contribution in [-0.4, -0.2) is 29.4 Å². The Hall–Kier alpha value is -0.570. The first-order valence-electron chi connectivity index (χ1n) is 7.04. The molecule has 0 aromatic heterocycles. The molecule has 2 aliphatic rings. The lowest BCUT2D eigenvalue weighted by molar-refractivity contribution is -0.147. The molecule has 98 valence electrons. The third-order valence-electron chi connectivity index (χ3n) is 4.80. The van der Waals surface area contributed by atoms with Crippen molar-refractivity contribution in [2.75, 3.05) is 13.1 Å². The number of hydrogen-bond donors (Lipinski definition) is 1. The van der Waals surface area contributed by atoms with Gasteiger partial charge in [0.05, 0.1) is 5.41 Å². The molecule has 3 heteroatoms. The van der Waals surface area contributed by atoms with Crippen molar-refractivity contribution in [3.05, 3.63) is 0 Å². The van der Waals surface area contributed by atoms with Gasteiger partial charge in [0.25, 0.3) is 0 Å². The molecule has 0 aromatic rings. The van der Waals surface area contributed by atoms with Crippen LogP contribution in [0.3, 0.4) is 0 Å². The second-order valence-electron chi connectivity index (χ2n) is 6.42. The summed E-state index contributed by atoms with van der Waals surface area (Å²) in [6.45, 7) is 5.82. The van der Waals surface area contributed by atoms with Crippen LogP contribution >= 0.6 is 0 Å². The maximum Gasteiger partial charge on any atom is 0.230 e. The first-order chi connectivity index (χ1) is 8.02. The Bertz CT molecular complexity index is 293. The fraction of sp³-hybridized carbons (Fsp3) is 0.929. The zero-order valence-electron chi connectivity index (χ0n) is 11.3. The molecular formula is C14H26N2O. The molecule has 1 aliphatic carbocycles. The predicted molar refractivity (Wildman–Crippen MR) is 69.6 cm³/mol. The number of amides is 1. The lowest BCUT2D eigenvalue weighted by Gasteiger charge is -2.42. The normalized spacial score (nSPS) is 27.1. The Kier molecular flexibility index (Phi) is 3.48. The average Bonchev–Trinajstić information content (AvgIpc) is 2.69. The zero-order chi connectivity index (χ0) is 12.5. The monoisotopic (exact) mass is 238 g/mol. The van der Waals surface area contributed by atoms with Crippen LogP contribution in [-0.2, 0) is 4.79 Å². The summed E-state index contributed by atoms with van der Waals surface area (Å²) < 4.78 is 0. The lowest BCUT2D eigenvalue weighted by atomic mass is 9.72. The summed E-state index contributed by atoms with van der Waals surface area (Å²) in [4.78, 5) is 14.9. The van der Waals surface area contributed by atoms with E-state index in [9.17, 15) is 4.79 Å². The summed E-state index contributed by atoms with van der Waals surface area (Å²) in [6.07, 6.45) is 7.84. The van der Waals surface area contributed by atoms with Crippen molar-refractivity contribution < 1.29 is 4.79 Å². The quantitative estimate of drug-likeness (QED) is 0.802. The van der Waals surface area contributed by atoms with Crippen molar-refractivity contribution in [3.8, 4) is 0 Å². The molecule has 0 radical (unpaired) electrons. The molecule has 1 heterocycles. The van der Waals surface area contributed by atoms with E-state index in [1.807, 2.05) is 0 Å². The van der Waals surface area contributed by atoms with Crippen molar-refractivity contribution >= 4 is 5.91 Å². The molecule has 1 saturated heterocycles. The summed E-state index contributed by atoms with van der Waals surface area (Å²) in [5.41, 5.74) is 5.75. The maximum atomic E-state index is 12.8. The molecule has 3 nitrogen and oxygen atoms in total. The number of hydrogen-bond acceptors (Lipinski definition) is 2. The summed E-state index contributed by atoms with van der Waals surface area (Å²) in [7, 11) is 0. The molecule has 2 fully saturated rings. The second kappa shape index (κ2) is 4.60. The topological polar surface area (TPSA) is 46.3 Å². The third kappa shape index (κ3) is 2.22. The number of nitrogens with zero attached hydrogens (tertiary/aromatic N) is 1. The van der Waals surface area contributed by atoms with E-state index in [2.05, 4.69) is 18.7 Å². The Balaban J connectivity index is 2.17. The van der Waals surface area contributed by atoms with Gasteiger partial charge in [0.1, 0.15) is 0 Å². The number of nitrogens with two attached hydrogens (primary N) is 1. The fourth-order valence-corrected chi connectivity index (χ4v) is 3.50. The van der Waals surface area contributed by atoms with Crippen molar-refractivity contribution in [1.29, 1.82) is 0 Å². The number of rotatable bonds is 2. The van der Waals surface area contributed by atoms with E-state index in [1.165, 1.54) is 6.42 Å². The molecule has 17 heavy (non-hydrogen) atoms. The minimum atomic E-state index is -0.236. The van der Waals surface area contributed by atoms with Crippen LogP contribution in [0.5, 0.6) is 0 Å². The van der Waals surface area contributed by atoms with E-state index in [-0.39, 0.29) is 11.0 Å². The molecule has 0 unspecified atom stereocenters. The molecule has 2 N–H and O–H groups in total. The molecule has 0 bridgehead atoms. The van der Waals surface area contributed by atoms with E-state index in [0.29, 0.717) is 12.5 Å². The van der Waals surface area contributed by atoms with Gasteiger partial charge in [-0.3, -0.25) is 4.79 Å². The van der Waals surface area contributed by atoms with Crippen LogP contribution in [0.4, 0.5) is 0 Å². The minimum Gasteiger partial charge on any atom is -0.337 e. The molecule has 0 atom stereocenters. The predicted octanol–water partition coefficient (Wildman–Crippen LogP) is 2.30. The third-order valence-corrected chi connectivity index (χ3v) is 4.80. The summed E-state index contributed by atoms with van der Waals surface area (Å²) in [5, 5.41) is 0. The first-order valence-corrected chi connectivity index (χ1v) is 7.04. The SMILES string of the molecule is CC1(C)CCCN1C(=O)C1(CN)CCCCC1. The number of carbonyl (C=O) groups is 1.